The summed E-state index contributed by atoms with van der Waals surface area (Å²) in [6.45, 7) is 6.67. The van der Waals surface area contributed by atoms with E-state index in [4.69, 9.17) is 0 Å². The van der Waals surface area contributed by atoms with E-state index in [1.165, 1.54) is 0 Å². The van der Waals surface area contributed by atoms with Crippen LogP contribution in [0.25, 0.3) is 0 Å². The molecule has 1 aromatic carbocycles. The number of aryl methyl sites for hydroxylation is 1. The van der Waals surface area contributed by atoms with Gasteiger partial charge in [0.15, 0.2) is 0 Å². The summed E-state index contributed by atoms with van der Waals surface area (Å²) < 4.78 is 0. The molecule has 6 nitrogen and oxygen atoms in total. The van der Waals surface area contributed by atoms with Gasteiger partial charge >= 0.3 is 0 Å². The van der Waals surface area contributed by atoms with Gasteiger partial charge in [-0.1, -0.05) is 12.1 Å². The van der Waals surface area contributed by atoms with Crippen LogP contribution in [0.1, 0.15) is 37.4 Å². The summed E-state index contributed by atoms with van der Waals surface area (Å²) >= 11 is 0. The summed E-state index contributed by atoms with van der Waals surface area (Å²) in [4.78, 5) is 21.8. The van der Waals surface area contributed by atoms with Crippen molar-refractivity contribution in [2.75, 3.05) is 13.1 Å². The molecule has 0 saturated carbocycles. The fourth-order valence-electron chi connectivity index (χ4n) is 1.90. The van der Waals surface area contributed by atoms with Crippen molar-refractivity contribution in [1.29, 1.82) is 0 Å². The van der Waals surface area contributed by atoms with Gasteiger partial charge in [0.05, 0.1) is 4.92 Å². The Labute approximate surface area is 118 Å². The molecule has 0 aliphatic rings. The highest BCUT2D eigenvalue weighted by Gasteiger charge is 2.14. The molecule has 20 heavy (non-hydrogen) atoms. The second-order valence-electron chi connectivity index (χ2n) is 4.68. The molecule has 2 N–H and O–H groups in total. The van der Waals surface area contributed by atoms with E-state index in [1.54, 1.807) is 19.1 Å². The van der Waals surface area contributed by atoms with Gasteiger partial charge < -0.3 is 10.6 Å². The maximum absolute atomic E-state index is 11.3. The minimum absolute atomic E-state index is 0.00193. The van der Waals surface area contributed by atoms with E-state index in [0.29, 0.717) is 25.1 Å². The molecule has 0 spiro atoms. The van der Waals surface area contributed by atoms with Gasteiger partial charge in [-0.25, -0.2) is 0 Å². The van der Waals surface area contributed by atoms with Crippen molar-refractivity contribution >= 4 is 11.6 Å². The monoisotopic (exact) mass is 279 g/mol. The maximum atomic E-state index is 11.3. The number of rotatable bonds is 7. The predicted octanol–water partition coefficient (Wildman–Crippen LogP) is 2.08. The lowest BCUT2D eigenvalue weighted by Crippen LogP contribution is -2.28. The Kier molecular flexibility index (Phi) is 6.11. The van der Waals surface area contributed by atoms with E-state index in [1.807, 2.05) is 19.9 Å². The highest BCUT2D eigenvalue weighted by atomic mass is 16.6. The Bertz CT molecular complexity index is 489. The number of carbonyl (C=O) groups is 1. The number of carbonyl (C=O) groups excluding carboxylic acids is 1. The fourth-order valence-corrected chi connectivity index (χ4v) is 1.90. The summed E-state index contributed by atoms with van der Waals surface area (Å²) in [6.07, 6.45) is 0.395. The van der Waals surface area contributed by atoms with Crippen LogP contribution in [0, 0.1) is 17.0 Å². The fraction of sp³-hybridized carbons (Fsp3) is 0.500. The number of nitro groups is 1. The van der Waals surface area contributed by atoms with Crippen molar-refractivity contribution in [2.45, 2.75) is 33.2 Å². The van der Waals surface area contributed by atoms with Gasteiger partial charge in [-0.3, -0.25) is 14.9 Å². The van der Waals surface area contributed by atoms with Crippen LogP contribution in [0.15, 0.2) is 18.2 Å². The zero-order chi connectivity index (χ0) is 15.1. The smallest absolute Gasteiger partial charge is 0.272 e. The zero-order valence-electron chi connectivity index (χ0n) is 12.1. The first-order valence-corrected chi connectivity index (χ1v) is 6.70. The molecule has 0 aromatic heterocycles. The molecule has 0 radical (unpaired) electrons. The molecule has 0 fully saturated rings. The van der Waals surface area contributed by atoms with Crippen LogP contribution in [0.4, 0.5) is 5.69 Å². The van der Waals surface area contributed by atoms with Gasteiger partial charge in [0.2, 0.25) is 5.91 Å². The van der Waals surface area contributed by atoms with Crippen molar-refractivity contribution in [1.82, 2.24) is 10.6 Å². The number of nitro benzene ring substituents is 1. The largest absolute Gasteiger partial charge is 0.356 e. The normalized spacial score (nSPS) is 11.9. The third kappa shape index (κ3) is 4.62. The van der Waals surface area contributed by atoms with Crippen molar-refractivity contribution in [3.8, 4) is 0 Å². The van der Waals surface area contributed by atoms with Crippen LogP contribution in [-0.4, -0.2) is 23.9 Å². The van der Waals surface area contributed by atoms with E-state index < -0.39 is 0 Å². The number of nitrogens with one attached hydrogen (secondary N) is 2. The van der Waals surface area contributed by atoms with Gasteiger partial charge in [-0.15, -0.1) is 0 Å². The Morgan fingerprint density at radius 2 is 2.15 bits per heavy atom. The number of hydrogen-bond donors (Lipinski definition) is 2. The molecule has 1 rings (SSSR count). The standard InChI is InChI=1S/C14H21N3O3/c1-4-15-14(18)7-8-16-11(3)12-6-5-10(2)13(9-12)17(19)20/h5-6,9,11,16H,4,7-8H2,1-3H3,(H,15,18). The van der Waals surface area contributed by atoms with E-state index in [-0.39, 0.29) is 22.6 Å². The van der Waals surface area contributed by atoms with E-state index in [9.17, 15) is 14.9 Å². The molecule has 1 atom stereocenters. The average Bonchev–Trinajstić information content (AvgIpc) is 2.39. The first-order valence-electron chi connectivity index (χ1n) is 6.70. The molecule has 0 heterocycles. The highest BCUT2D eigenvalue weighted by molar-refractivity contribution is 5.75. The first kappa shape index (κ1) is 16.1. The Balaban J connectivity index is 2.59. The van der Waals surface area contributed by atoms with E-state index in [0.717, 1.165) is 5.56 Å². The van der Waals surface area contributed by atoms with Crippen molar-refractivity contribution in [3.63, 3.8) is 0 Å². The number of benzene rings is 1. The summed E-state index contributed by atoms with van der Waals surface area (Å²) in [6, 6.07) is 5.16. The van der Waals surface area contributed by atoms with Gasteiger partial charge in [-0.05, 0) is 26.3 Å². The molecule has 6 heteroatoms. The van der Waals surface area contributed by atoms with Crippen LogP contribution >= 0.6 is 0 Å². The van der Waals surface area contributed by atoms with Crippen molar-refractivity contribution < 1.29 is 9.72 Å². The Morgan fingerprint density at radius 3 is 2.75 bits per heavy atom. The van der Waals surface area contributed by atoms with Crippen LogP contribution in [-0.2, 0) is 4.79 Å². The van der Waals surface area contributed by atoms with E-state index in [2.05, 4.69) is 10.6 Å². The first-order chi connectivity index (χ1) is 9.45. The predicted molar refractivity (Wildman–Crippen MR) is 77.6 cm³/mol. The third-order valence-electron chi connectivity index (χ3n) is 3.11. The zero-order valence-corrected chi connectivity index (χ0v) is 12.1. The molecule has 110 valence electrons. The summed E-state index contributed by atoms with van der Waals surface area (Å²) in [5, 5.41) is 16.8. The second-order valence-corrected chi connectivity index (χ2v) is 4.68. The molecular formula is C14H21N3O3. The maximum Gasteiger partial charge on any atom is 0.272 e. The Morgan fingerprint density at radius 1 is 1.45 bits per heavy atom. The molecule has 1 amide bonds. The Hall–Kier alpha value is -1.95. The lowest BCUT2D eigenvalue weighted by molar-refractivity contribution is -0.385. The third-order valence-corrected chi connectivity index (χ3v) is 3.11. The summed E-state index contributed by atoms with van der Waals surface area (Å²) in [7, 11) is 0. The SMILES string of the molecule is CCNC(=O)CCNC(C)c1ccc(C)c([N+](=O)[O-])c1. The number of amides is 1. The number of hydrogen-bond acceptors (Lipinski definition) is 4. The molecule has 0 bridgehead atoms. The van der Waals surface area contributed by atoms with Gasteiger partial charge in [0.1, 0.15) is 0 Å². The minimum Gasteiger partial charge on any atom is -0.356 e. The van der Waals surface area contributed by atoms with Crippen LogP contribution < -0.4 is 10.6 Å². The van der Waals surface area contributed by atoms with Crippen LogP contribution in [0.2, 0.25) is 0 Å². The van der Waals surface area contributed by atoms with E-state index >= 15 is 0 Å². The minimum atomic E-state index is -0.375. The topological polar surface area (TPSA) is 84.3 Å². The van der Waals surface area contributed by atoms with Gasteiger partial charge in [-0.2, -0.15) is 0 Å². The van der Waals surface area contributed by atoms with Gasteiger partial charge in [0.25, 0.3) is 5.69 Å². The summed E-state index contributed by atoms with van der Waals surface area (Å²) in [5.41, 5.74) is 1.62. The summed E-state index contributed by atoms with van der Waals surface area (Å²) in [5.74, 6) is 0.00193. The molecule has 0 aliphatic carbocycles. The van der Waals surface area contributed by atoms with Crippen LogP contribution in [0.5, 0.6) is 0 Å². The molecule has 1 aromatic rings. The average molecular weight is 279 g/mol. The lowest BCUT2D eigenvalue weighted by atomic mass is 10.0. The molecule has 1 unspecified atom stereocenters. The molecule has 0 saturated heterocycles. The van der Waals surface area contributed by atoms with Gasteiger partial charge in [0, 0.05) is 37.2 Å². The van der Waals surface area contributed by atoms with Crippen molar-refractivity contribution in [3.05, 3.63) is 39.4 Å². The lowest BCUT2D eigenvalue weighted by Gasteiger charge is -2.14. The molecule has 0 aliphatic heterocycles. The van der Waals surface area contributed by atoms with Crippen LogP contribution in [0.3, 0.4) is 0 Å². The number of nitrogens with zero attached hydrogens (tertiary/aromatic N) is 1. The molecular weight excluding hydrogens is 258 g/mol. The second kappa shape index (κ2) is 7.59. The highest BCUT2D eigenvalue weighted by Crippen LogP contribution is 2.23. The quantitative estimate of drug-likeness (QED) is 0.591. The van der Waals surface area contributed by atoms with Crippen molar-refractivity contribution in [2.24, 2.45) is 0 Å².